The minimum atomic E-state index is -0.419. The first-order valence-electron chi connectivity index (χ1n) is 12.0. The van der Waals surface area contributed by atoms with Crippen LogP contribution >= 0.6 is 11.5 Å². The number of nitro benzene ring substituents is 1. The topological polar surface area (TPSA) is 102 Å². The maximum atomic E-state index is 13.2. The monoisotopic (exact) mass is 533 g/mol. The molecule has 1 saturated heterocycles. The fraction of sp³-hybridized carbons (Fsp3) is 0.222. The summed E-state index contributed by atoms with van der Waals surface area (Å²) in [4.78, 5) is 32.0. The second kappa shape index (κ2) is 10.9. The minimum Gasteiger partial charge on any atom is -0.430 e. The third-order valence-corrected chi connectivity index (χ3v) is 6.98. The molecule has 1 amide bonds. The lowest BCUT2D eigenvalue weighted by Gasteiger charge is -2.36. The average Bonchev–Trinajstić information content (AvgIpc) is 3.37. The molecule has 1 fully saturated rings. The average molecular weight is 534 g/mol. The Morgan fingerprint density at radius 1 is 1.05 bits per heavy atom. The van der Waals surface area contributed by atoms with E-state index in [9.17, 15) is 19.3 Å². The number of piperazine rings is 1. The van der Waals surface area contributed by atoms with Crippen molar-refractivity contribution in [3.05, 3.63) is 105 Å². The number of anilines is 1. The number of aromatic nitrogens is 2. The first-order valence-corrected chi connectivity index (χ1v) is 12.8. The number of aryl methyl sites for hydroxylation is 1. The predicted octanol–water partition coefficient (Wildman–Crippen LogP) is 5.24. The standard InChI is InChI=1S/C27H24FN5O4S/c1-18-2-5-20(17-24(18)37-27-29-25(30-38-27)16-19-3-6-21(28)7-4-19)26(34)32-14-12-31(13-15-32)22-8-10-23(11-9-22)33(35)36/h2-11,17H,12-16H2,1H3. The Balaban J connectivity index is 1.21. The van der Waals surface area contributed by atoms with Crippen LogP contribution in [0.4, 0.5) is 15.8 Å². The summed E-state index contributed by atoms with van der Waals surface area (Å²) in [6.07, 6.45) is 0.462. The largest absolute Gasteiger partial charge is 0.430 e. The highest BCUT2D eigenvalue weighted by atomic mass is 32.1. The molecule has 0 atom stereocenters. The molecule has 0 spiro atoms. The van der Waals surface area contributed by atoms with E-state index in [2.05, 4.69) is 14.3 Å². The van der Waals surface area contributed by atoms with Crippen molar-refractivity contribution in [1.29, 1.82) is 0 Å². The number of amides is 1. The summed E-state index contributed by atoms with van der Waals surface area (Å²) in [5, 5.41) is 11.3. The molecule has 1 aromatic heterocycles. The second-order valence-corrected chi connectivity index (χ2v) is 9.63. The number of benzene rings is 3. The zero-order chi connectivity index (χ0) is 26.6. The zero-order valence-corrected chi connectivity index (χ0v) is 21.4. The van der Waals surface area contributed by atoms with Gasteiger partial charge in [0.1, 0.15) is 11.6 Å². The van der Waals surface area contributed by atoms with E-state index >= 15 is 0 Å². The number of rotatable bonds is 7. The van der Waals surface area contributed by atoms with Crippen LogP contribution in [0.3, 0.4) is 0 Å². The van der Waals surface area contributed by atoms with Crippen molar-refractivity contribution in [3.8, 4) is 10.9 Å². The van der Waals surface area contributed by atoms with Gasteiger partial charge in [0.2, 0.25) is 0 Å². The van der Waals surface area contributed by atoms with Crippen LogP contribution < -0.4 is 9.64 Å². The van der Waals surface area contributed by atoms with Crippen molar-refractivity contribution in [1.82, 2.24) is 14.3 Å². The van der Waals surface area contributed by atoms with Crippen molar-refractivity contribution in [2.45, 2.75) is 13.3 Å². The lowest BCUT2D eigenvalue weighted by Crippen LogP contribution is -2.48. The molecule has 194 valence electrons. The number of halogens is 1. The Labute approximate surface area is 222 Å². The molecule has 0 unspecified atom stereocenters. The van der Waals surface area contributed by atoms with Crippen LogP contribution in [0, 0.1) is 22.9 Å². The van der Waals surface area contributed by atoms with Crippen LogP contribution in [-0.4, -0.2) is 51.3 Å². The van der Waals surface area contributed by atoms with Gasteiger partial charge < -0.3 is 14.5 Å². The normalized spacial score (nSPS) is 13.4. The number of hydrogen-bond acceptors (Lipinski definition) is 8. The molecule has 5 rings (SSSR count). The Morgan fingerprint density at radius 3 is 2.45 bits per heavy atom. The summed E-state index contributed by atoms with van der Waals surface area (Å²) in [5.41, 5.74) is 3.22. The predicted molar refractivity (Wildman–Crippen MR) is 142 cm³/mol. The summed E-state index contributed by atoms with van der Waals surface area (Å²) in [7, 11) is 0. The summed E-state index contributed by atoms with van der Waals surface area (Å²) in [6.45, 7) is 4.21. The molecule has 0 aliphatic carbocycles. The number of nitrogens with zero attached hydrogens (tertiary/aromatic N) is 5. The molecule has 0 N–H and O–H groups in total. The Bertz CT molecular complexity index is 1450. The number of nitro groups is 1. The van der Waals surface area contributed by atoms with E-state index in [1.165, 1.54) is 24.3 Å². The summed E-state index contributed by atoms with van der Waals surface area (Å²) < 4.78 is 23.5. The van der Waals surface area contributed by atoms with Gasteiger partial charge in [0.25, 0.3) is 16.8 Å². The highest BCUT2D eigenvalue weighted by molar-refractivity contribution is 7.07. The van der Waals surface area contributed by atoms with Crippen molar-refractivity contribution in [3.63, 3.8) is 0 Å². The van der Waals surface area contributed by atoms with Crippen LogP contribution in [0.5, 0.6) is 10.9 Å². The quantitative estimate of drug-likeness (QED) is 0.237. The van der Waals surface area contributed by atoms with Gasteiger partial charge in [-0.3, -0.25) is 14.9 Å². The molecular weight excluding hydrogens is 509 g/mol. The summed E-state index contributed by atoms with van der Waals surface area (Å²) >= 11 is 1.12. The van der Waals surface area contributed by atoms with Crippen molar-refractivity contribution in [2.24, 2.45) is 0 Å². The molecule has 3 aromatic carbocycles. The molecule has 0 saturated carbocycles. The van der Waals surface area contributed by atoms with Crippen LogP contribution in [-0.2, 0) is 6.42 Å². The lowest BCUT2D eigenvalue weighted by atomic mass is 10.1. The van der Waals surface area contributed by atoms with Gasteiger partial charge in [0.05, 0.1) is 4.92 Å². The van der Waals surface area contributed by atoms with Gasteiger partial charge in [-0.15, -0.1) is 0 Å². The third kappa shape index (κ3) is 5.78. The molecule has 0 bridgehead atoms. The van der Waals surface area contributed by atoms with E-state index in [0.29, 0.717) is 54.9 Å². The molecule has 1 aliphatic heterocycles. The first kappa shape index (κ1) is 25.3. The third-order valence-electron chi connectivity index (χ3n) is 6.35. The minimum absolute atomic E-state index is 0.0533. The Kier molecular flexibility index (Phi) is 7.27. The van der Waals surface area contributed by atoms with E-state index in [4.69, 9.17) is 4.74 Å². The van der Waals surface area contributed by atoms with E-state index in [0.717, 1.165) is 28.3 Å². The van der Waals surface area contributed by atoms with Crippen molar-refractivity contribution >= 4 is 28.8 Å². The van der Waals surface area contributed by atoms with Gasteiger partial charge in [-0.25, -0.2) is 4.39 Å². The fourth-order valence-corrected chi connectivity index (χ4v) is 4.77. The van der Waals surface area contributed by atoms with Gasteiger partial charge in [0.15, 0.2) is 5.82 Å². The molecule has 9 nitrogen and oxygen atoms in total. The van der Waals surface area contributed by atoms with Crippen LogP contribution in [0.2, 0.25) is 0 Å². The van der Waals surface area contributed by atoms with Gasteiger partial charge in [0, 0.05) is 67.5 Å². The molecule has 0 radical (unpaired) electrons. The van der Waals surface area contributed by atoms with E-state index in [1.54, 1.807) is 41.3 Å². The van der Waals surface area contributed by atoms with E-state index in [1.807, 2.05) is 13.0 Å². The molecule has 4 aromatic rings. The van der Waals surface area contributed by atoms with Gasteiger partial charge in [-0.05, 0) is 54.4 Å². The van der Waals surface area contributed by atoms with Gasteiger partial charge in [-0.2, -0.15) is 9.36 Å². The van der Waals surface area contributed by atoms with Gasteiger partial charge in [-0.1, -0.05) is 18.2 Å². The maximum Gasteiger partial charge on any atom is 0.298 e. The number of carbonyl (C=O) groups is 1. The van der Waals surface area contributed by atoms with E-state index in [-0.39, 0.29) is 17.4 Å². The molecule has 11 heteroatoms. The zero-order valence-electron chi connectivity index (χ0n) is 20.5. The SMILES string of the molecule is Cc1ccc(C(=O)N2CCN(c3ccc([N+](=O)[O-])cc3)CC2)cc1Oc1nc(Cc2ccc(F)cc2)ns1. The molecule has 2 heterocycles. The lowest BCUT2D eigenvalue weighted by molar-refractivity contribution is -0.384. The maximum absolute atomic E-state index is 13.2. The van der Waals surface area contributed by atoms with Crippen molar-refractivity contribution < 1.29 is 18.8 Å². The smallest absolute Gasteiger partial charge is 0.298 e. The number of non-ortho nitro benzene ring substituents is 1. The highest BCUT2D eigenvalue weighted by Crippen LogP contribution is 2.29. The Morgan fingerprint density at radius 2 is 1.76 bits per heavy atom. The first-order chi connectivity index (χ1) is 18.4. The fourth-order valence-electron chi connectivity index (χ4n) is 4.21. The molecule has 1 aliphatic rings. The number of ether oxygens (including phenoxy) is 1. The van der Waals surface area contributed by atoms with Crippen LogP contribution in [0.1, 0.15) is 27.3 Å². The summed E-state index contributed by atoms with van der Waals surface area (Å²) in [5.74, 6) is 0.727. The van der Waals surface area contributed by atoms with Crippen molar-refractivity contribution in [2.75, 3.05) is 31.1 Å². The number of hydrogen-bond donors (Lipinski definition) is 0. The molecular formula is C27H24FN5O4S. The summed E-state index contributed by atoms with van der Waals surface area (Å²) in [6, 6.07) is 18.0. The van der Waals surface area contributed by atoms with Crippen LogP contribution in [0.15, 0.2) is 66.7 Å². The second-order valence-electron chi connectivity index (χ2n) is 8.91. The van der Waals surface area contributed by atoms with E-state index < -0.39 is 4.92 Å². The number of carbonyl (C=O) groups excluding carboxylic acids is 1. The Hall–Kier alpha value is -4.38. The van der Waals surface area contributed by atoms with Crippen LogP contribution in [0.25, 0.3) is 0 Å². The van der Waals surface area contributed by atoms with Gasteiger partial charge >= 0.3 is 0 Å². The highest BCUT2D eigenvalue weighted by Gasteiger charge is 2.23. The molecule has 38 heavy (non-hydrogen) atoms.